The summed E-state index contributed by atoms with van der Waals surface area (Å²) in [7, 11) is 0. The van der Waals surface area contributed by atoms with Gasteiger partial charge in [0.05, 0.1) is 22.4 Å². The van der Waals surface area contributed by atoms with Crippen molar-refractivity contribution < 1.29 is 49.1 Å². The lowest BCUT2D eigenvalue weighted by molar-refractivity contribution is -0.138. The van der Waals surface area contributed by atoms with E-state index in [1.54, 1.807) is 0 Å². The molecule has 3 aromatic carbocycles. The molecule has 0 radical (unpaired) electrons. The van der Waals surface area contributed by atoms with E-state index >= 15 is 0 Å². The van der Waals surface area contributed by atoms with Gasteiger partial charge in [-0.25, -0.2) is 14.5 Å². The monoisotopic (exact) mass is 615 g/mol. The third-order valence-corrected chi connectivity index (χ3v) is 6.85. The van der Waals surface area contributed by atoms with Crippen molar-refractivity contribution in [3.63, 3.8) is 0 Å². The maximum Gasteiger partial charge on any atom is 0.416 e. The topological polar surface area (TPSA) is 77.0 Å². The number of hydrogen-bond acceptors (Lipinski definition) is 3. The van der Waals surface area contributed by atoms with Gasteiger partial charge in [-0.2, -0.15) is 44.5 Å². The second-order valence-corrected chi connectivity index (χ2v) is 9.62. The van der Waals surface area contributed by atoms with Gasteiger partial charge < -0.3 is 10.6 Å². The third-order valence-electron chi connectivity index (χ3n) is 6.85. The van der Waals surface area contributed by atoms with Gasteiger partial charge in [0, 0.05) is 24.5 Å². The molecule has 2 saturated heterocycles. The van der Waals surface area contributed by atoms with Crippen LogP contribution in [-0.2, 0) is 18.5 Å². The van der Waals surface area contributed by atoms with Gasteiger partial charge in [-0.3, -0.25) is 4.90 Å². The maximum atomic E-state index is 13.8. The number of anilines is 3. The van der Waals surface area contributed by atoms with Crippen LogP contribution in [0.15, 0.2) is 77.8 Å². The first-order valence-corrected chi connectivity index (χ1v) is 12.3. The first kappa shape index (κ1) is 29.9. The summed E-state index contributed by atoms with van der Waals surface area (Å²) in [6, 6.07) is 8.28. The summed E-state index contributed by atoms with van der Waals surface area (Å²) in [5.74, 6) is -0.264. The SMILES string of the molecule is O=C(/N=C1\N(c2ccc(C(F)(F)F)cc2)C(=O)N(c2ccc(C(F)(F)F)cc2)C12CNC2)Nc1ccc(C(F)(F)F)cc1. The lowest BCUT2D eigenvalue weighted by atomic mass is 9.89. The van der Waals surface area contributed by atoms with Crippen LogP contribution < -0.4 is 20.4 Å². The molecule has 0 atom stereocenters. The van der Waals surface area contributed by atoms with Crippen LogP contribution >= 0.6 is 0 Å². The summed E-state index contributed by atoms with van der Waals surface area (Å²) in [5, 5.41) is 5.19. The molecule has 3 aromatic rings. The van der Waals surface area contributed by atoms with E-state index < -0.39 is 52.8 Å². The molecule has 2 fully saturated rings. The van der Waals surface area contributed by atoms with Crippen LogP contribution in [0.25, 0.3) is 0 Å². The largest absolute Gasteiger partial charge is 0.416 e. The molecule has 0 aromatic heterocycles. The molecule has 4 amide bonds. The standard InChI is InChI=1S/C27H18F9N5O2/c28-25(29,30)15-1-7-18(8-2-15)38-22(42)39-21-24(13-37-14-24)41(20-11-5-17(6-12-20)27(34,35)36)23(43)40(21)19-9-3-16(4-10-19)26(31,32)33/h1-12,37H,13-14H2,(H,38,42)/b39-21-. The minimum Gasteiger partial charge on any atom is -0.311 e. The minimum atomic E-state index is -4.70. The fraction of sp³-hybridized carbons (Fsp3) is 0.222. The molecule has 2 aliphatic heterocycles. The van der Waals surface area contributed by atoms with Crippen molar-refractivity contribution in [2.75, 3.05) is 28.2 Å². The van der Waals surface area contributed by atoms with E-state index in [-0.39, 0.29) is 36.0 Å². The quantitative estimate of drug-likeness (QED) is 0.307. The summed E-state index contributed by atoms with van der Waals surface area (Å²) in [6.45, 7) is -0.0768. The van der Waals surface area contributed by atoms with E-state index in [1.807, 2.05) is 0 Å². The first-order chi connectivity index (χ1) is 20.0. The summed E-state index contributed by atoms with van der Waals surface area (Å²) in [5.41, 5.74) is -4.65. The first-order valence-electron chi connectivity index (χ1n) is 12.3. The Bertz CT molecular complexity index is 1560. The van der Waals surface area contributed by atoms with Gasteiger partial charge in [0.2, 0.25) is 0 Å². The van der Waals surface area contributed by atoms with Crippen molar-refractivity contribution >= 4 is 35.0 Å². The number of amides is 4. The highest BCUT2D eigenvalue weighted by Gasteiger charge is 2.60. The number of amidine groups is 1. The molecule has 0 unspecified atom stereocenters. The highest BCUT2D eigenvalue weighted by Crippen LogP contribution is 2.41. The van der Waals surface area contributed by atoms with Crippen LogP contribution in [-0.4, -0.2) is 36.5 Å². The predicted molar refractivity (Wildman–Crippen MR) is 137 cm³/mol. The number of rotatable bonds is 3. The van der Waals surface area contributed by atoms with Crippen molar-refractivity contribution in [2.45, 2.75) is 24.1 Å². The van der Waals surface area contributed by atoms with Crippen LogP contribution in [0.3, 0.4) is 0 Å². The Morgan fingerprint density at radius 3 is 1.51 bits per heavy atom. The van der Waals surface area contributed by atoms with Crippen LogP contribution in [0.4, 0.5) is 66.2 Å². The molecule has 226 valence electrons. The van der Waals surface area contributed by atoms with E-state index in [0.717, 1.165) is 70.5 Å². The number of carbonyl (C=O) groups excluding carboxylic acids is 2. The lowest BCUT2D eigenvalue weighted by Gasteiger charge is -2.44. The zero-order valence-corrected chi connectivity index (χ0v) is 21.4. The van der Waals surface area contributed by atoms with E-state index in [0.29, 0.717) is 12.1 Å². The van der Waals surface area contributed by atoms with Gasteiger partial charge in [-0.05, 0) is 72.8 Å². The molecular formula is C27H18F9N5O2. The van der Waals surface area contributed by atoms with Gasteiger partial charge in [0.15, 0.2) is 5.84 Å². The van der Waals surface area contributed by atoms with E-state index in [2.05, 4.69) is 15.6 Å². The highest BCUT2D eigenvalue weighted by molar-refractivity contribution is 6.34. The Labute approximate surface area is 236 Å². The van der Waals surface area contributed by atoms with Crippen molar-refractivity contribution in [3.8, 4) is 0 Å². The molecule has 5 rings (SSSR count). The number of aliphatic imine (C=N–C) groups is 1. The van der Waals surface area contributed by atoms with Gasteiger partial charge in [0.25, 0.3) is 0 Å². The Hall–Kier alpha value is -4.60. The summed E-state index contributed by atoms with van der Waals surface area (Å²) in [4.78, 5) is 32.7. The fourth-order valence-electron chi connectivity index (χ4n) is 4.69. The minimum absolute atomic E-state index is 0.00948. The third kappa shape index (κ3) is 5.61. The number of nitrogens with zero attached hydrogens (tertiary/aromatic N) is 3. The average molecular weight is 615 g/mol. The molecule has 2 aliphatic rings. The van der Waals surface area contributed by atoms with Crippen molar-refractivity contribution in [2.24, 2.45) is 4.99 Å². The summed E-state index contributed by atoms with van der Waals surface area (Å²) in [6.07, 6.45) is -14.0. The zero-order chi connectivity index (χ0) is 31.4. The predicted octanol–water partition coefficient (Wildman–Crippen LogP) is 7.16. The van der Waals surface area contributed by atoms with Crippen LogP contribution in [0.2, 0.25) is 0 Å². The van der Waals surface area contributed by atoms with Gasteiger partial charge in [-0.1, -0.05) is 0 Å². The Morgan fingerprint density at radius 1 is 0.698 bits per heavy atom. The fourth-order valence-corrected chi connectivity index (χ4v) is 4.69. The second kappa shape index (κ2) is 10.3. The number of halogens is 9. The van der Waals surface area contributed by atoms with Crippen molar-refractivity contribution in [3.05, 3.63) is 89.5 Å². The number of hydrogen-bond donors (Lipinski definition) is 2. The van der Waals surface area contributed by atoms with E-state index in [4.69, 9.17) is 0 Å². The number of benzene rings is 3. The number of carbonyl (C=O) groups is 2. The Morgan fingerprint density at radius 2 is 1.12 bits per heavy atom. The molecule has 43 heavy (non-hydrogen) atoms. The molecule has 0 saturated carbocycles. The van der Waals surface area contributed by atoms with E-state index in [9.17, 15) is 49.1 Å². The summed E-state index contributed by atoms with van der Waals surface area (Å²) < 4.78 is 118. The van der Waals surface area contributed by atoms with Gasteiger partial charge in [-0.15, -0.1) is 0 Å². The molecular weight excluding hydrogens is 597 g/mol. The highest BCUT2D eigenvalue weighted by atomic mass is 19.4. The summed E-state index contributed by atoms with van der Waals surface area (Å²) >= 11 is 0. The molecule has 2 heterocycles. The van der Waals surface area contributed by atoms with Crippen LogP contribution in [0.5, 0.6) is 0 Å². The average Bonchev–Trinajstić information content (AvgIpc) is 3.15. The molecule has 0 bridgehead atoms. The molecule has 16 heteroatoms. The van der Waals surface area contributed by atoms with Gasteiger partial charge >= 0.3 is 30.6 Å². The molecule has 2 N–H and O–H groups in total. The van der Waals surface area contributed by atoms with Crippen LogP contribution in [0, 0.1) is 0 Å². The molecule has 1 spiro atoms. The normalized spacial score (nSPS) is 17.9. The lowest BCUT2D eigenvalue weighted by Crippen LogP contribution is -2.71. The van der Waals surface area contributed by atoms with Gasteiger partial charge in [0.1, 0.15) is 5.54 Å². The second-order valence-electron chi connectivity index (χ2n) is 9.62. The zero-order valence-electron chi connectivity index (χ0n) is 21.4. The molecule has 7 nitrogen and oxygen atoms in total. The smallest absolute Gasteiger partial charge is 0.311 e. The maximum absolute atomic E-state index is 13.8. The van der Waals surface area contributed by atoms with Crippen molar-refractivity contribution in [1.29, 1.82) is 0 Å². The number of urea groups is 2. The van der Waals surface area contributed by atoms with Crippen LogP contribution in [0.1, 0.15) is 16.7 Å². The van der Waals surface area contributed by atoms with E-state index in [1.165, 1.54) is 0 Å². The molecule has 0 aliphatic carbocycles. The number of alkyl halides is 9. The van der Waals surface area contributed by atoms with Crippen molar-refractivity contribution in [1.82, 2.24) is 5.32 Å². The Balaban J connectivity index is 1.56. The number of nitrogens with one attached hydrogen (secondary N) is 2. The Kier molecular flexibility index (Phi) is 7.15.